The zero-order valence-corrected chi connectivity index (χ0v) is 12.0. The molecule has 104 valence electrons. The lowest BCUT2D eigenvalue weighted by atomic mass is 10.2. The van der Waals surface area contributed by atoms with Gasteiger partial charge in [-0.05, 0) is 19.9 Å². The number of hydrogen-bond acceptors (Lipinski definition) is 4. The Balaban J connectivity index is 2.03. The van der Waals surface area contributed by atoms with Gasteiger partial charge in [0.25, 0.3) is 5.91 Å². The van der Waals surface area contributed by atoms with Gasteiger partial charge >= 0.3 is 0 Å². The summed E-state index contributed by atoms with van der Waals surface area (Å²) in [5.74, 6) is 0.223. The predicted molar refractivity (Wildman–Crippen MR) is 76.3 cm³/mol. The van der Waals surface area contributed by atoms with E-state index < -0.39 is 0 Å². The molecule has 0 spiro atoms. The highest BCUT2D eigenvalue weighted by Gasteiger charge is 2.23. The summed E-state index contributed by atoms with van der Waals surface area (Å²) in [6.07, 6.45) is 1.48. The highest BCUT2D eigenvalue weighted by atomic mass is 35.5. The molecule has 1 aromatic heterocycles. The van der Waals surface area contributed by atoms with Crippen LogP contribution in [0.15, 0.2) is 12.3 Å². The van der Waals surface area contributed by atoms with Crippen molar-refractivity contribution in [3.63, 3.8) is 0 Å². The van der Waals surface area contributed by atoms with Gasteiger partial charge in [0.15, 0.2) is 0 Å². The van der Waals surface area contributed by atoms with Crippen LogP contribution < -0.4 is 5.73 Å². The van der Waals surface area contributed by atoms with Crippen molar-refractivity contribution in [3.8, 4) is 0 Å². The summed E-state index contributed by atoms with van der Waals surface area (Å²) < 4.78 is 0. The molecule has 0 unspecified atom stereocenters. The van der Waals surface area contributed by atoms with Crippen LogP contribution in [0.2, 0.25) is 5.02 Å². The van der Waals surface area contributed by atoms with Gasteiger partial charge < -0.3 is 10.6 Å². The number of piperazine rings is 1. The van der Waals surface area contributed by atoms with Crippen molar-refractivity contribution in [2.75, 3.05) is 31.9 Å². The van der Waals surface area contributed by atoms with Gasteiger partial charge in [-0.1, -0.05) is 11.6 Å². The van der Waals surface area contributed by atoms with E-state index in [1.807, 2.05) is 4.90 Å². The van der Waals surface area contributed by atoms with Crippen molar-refractivity contribution in [1.29, 1.82) is 0 Å². The molecule has 19 heavy (non-hydrogen) atoms. The average molecular weight is 283 g/mol. The van der Waals surface area contributed by atoms with Crippen molar-refractivity contribution in [1.82, 2.24) is 14.8 Å². The smallest absolute Gasteiger partial charge is 0.255 e. The van der Waals surface area contributed by atoms with Crippen molar-refractivity contribution in [3.05, 3.63) is 22.8 Å². The van der Waals surface area contributed by atoms with E-state index in [0.29, 0.717) is 16.6 Å². The lowest BCUT2D eigenvalue weighted by molar-refractivity contribution is 0.0595. The summed E-state index contributed by atoms with van der Waals surface area (Å²) in [6, 6.07) is 2.10. The largest absolute Gasteiger partial charge is 0.382 e. The molecule has 1 aliphatic rings. The van der Waals surface area contributed by atoms with Crippen LogP contribution in [0.3, 0.4) is 0 Å². The molecule has 0 saturated carbocycles. The Bertz CT molecular complexity index is 470. The third-order valence-corrected chi connectivity index (χ3v) is 3.75. The van der Waals surface area contributed by atoms with Crippen molar-refractivity contribution in [2.24, 2.45) is 0 Å². The molecule has 6 heteroatoms. The van der Waals surface area contributed by atoms with E-state index in [4.69, 9.17) is 17.3 Å². The summed E-state index contributed by atoms with van der Waals surface area (Å²) >= 11 is 5.90. The van der Waals surface area contributed by atoms with Crippen LogP contribution in [-0.2, 0) is 0 Å². The van der Waals surface area contributed by atoms with Crippen molar-refractivity contribution >= 4 is 23.3 Å². The molecule has 2 heterocycles. The second-order valence-electron chi connectivity index (χ2n) is 5.01. The molecule has 0 aliphatic carbocycles. The Morgan fingerprint density at radius 1 is 1.37 bits per heavy atom. The number of carbonyl (C=O) groups is 1. The summed E-state index contributed by atoms with van der Waals surface area (Å²) in [5.41, 5.74) is 6.04. The first-order valence-electron chi connectivity index (χ1n) is 6.43. The molecule has 2 rings (SSSR count). The van der Waals surface area contributed by atoms with Crippen LogP contribution in [0, 0.1) is 0 Å². The third kappa shape index (κ3) is 3.16. The lowest BCUT2D eigenvalue weighted by Crippen LogP contribution is -2.50. The summed E-state index contributed by atoms with van der Waals surface area (Å²) in [6.45, 7) is 7.61. The zero-order valence-electron chi connectivity index (χ0n) is 11.3. The van der Waals surface area contributed by atoms with Gasteiger partial charge in [-0.3, -0.25) is 9.69 Å². The van der Waals surface area contributed by atoms with E-state index in [1.54, 1.807) is 6.07 Å². The van der Waals surface area contributed by atoms with Gasteiger partial charge in [0.05, 0.1) is 10.6 Å². The van der Waals surface area contributed by atoms with E-state index in [2.05, 4.69) is 23.7 Å². The number of anilines is 1. The molecule has 1 saturated heterocycles. The molecule has 1 aromatic rings. The molecule has 0 atom stereocenters. The van der Waals surface area contributed by atoms with Crippen LogP contribution in [0.25, 0.3) is 0 Å². The Morgan fingerprint density at radius 2 is 2.00 bits per heavy atom. The second kappa shape index (κ2) is 5.75. The molecule has 0 radical (unpaired) electrons. The van der Waals surface area contributed by atoms with Crippen LogP contribution in [0.1, 0.15) is 24.2 Å². The number of rotatable bonds is 2. The summed E-state index contributed by atoms with van der Waals surface area (Å²) in [4.78, 5) is 20.4. The van der Waals surface area contributed by atoms with E-state index in [-0.39, 0.29) is 11.7 Å². The Morgan fingerprint density at radius 3 is 2.53 bits per heavy atom. The van der Waals surface area contributed by atoms with E-state index in [1.165, 1.54) is 6.20 Å². The third-order valence-electron chi connectivity index (χ3n) is 3.45. The minimum absolute atomic E-state index is 0.0298. The molecule has 1 aliphatic heterocycles. The SMILES string of the molecule is CC(C)N1CCN(C(=O)c2cnc(N)c(Cl)c2)CC1. The minimum atomic E-state index is -0.0298. The number of nitrogen functional groups attached to an aromatic ring is 1. The van der Waals surface area contributed by atoms with Gasteiger partial charge in [0, 0.05) is 38.4 Å². The van der Waals surface area contributed by atoms with E-state index in [0.717, 1.165) is 26.2 Å². The molecule has 5 nitrogen and oxygen atoms in total. The summed E-state index contributed by atoms with van der Waals surface area (Å²) in [5, 5.41) is 0.326. The number of aromatic nitrogens is 1. The first kappa shape index (κ1) is 14.1. The fourth-order valence-electron chi connectivity index (χ4n) is 2.19. The monoisotopic (exact) mass is 282 g/mol. The molecular weight excluding hydrogens is 264 g/mol. The summed E-state index contributed by atoms with van der Waals surface area (Å²) in [7, 11) is 0. The molecule has 1 fully saturated rings. The zero-order chi connectivity index (χ0) is 14.0. The predicted octanol–water partition coefficient (Wildman–Crippen LogP) is 1.48. The minimum Gasteiger partial charge on any atom is -0.382 e. The quantitative estimate of drug-likeness (QED) is 0.893. The number of hydrogen-bond donors (Lipinski definition) is 1. The van der Waals surface area contributed by atoms with Gasteiger partial charge in [-0.15, -0.1) is 0 Å². The maximum absolute atomic E-state index is 12.3. The van der Waals surface area contributed by atoms with E-state index in [9.17, 15) is 4.79 Å². The fourth-order valence-corrected chi connectivity index (χ4v) is 2.36. The first-order valence-corrected chi connectivity index (χ1v) is 6.81. The van der Waals surface area contributed by atoms with E-state index >= 15 is 0 Å². The van der Waals surface area contributed by atoms with Gasteiger partial charge in [0.1, 0.15) is 5.82 Å². The van der Waals surface area contributed by atoms with Crippen molar-refractivity contribution in [2.45, 2.75) is 19.9 Å². The number of amides is 1. The van der Waals surface area contributed by atoms with Crippen LogP contribution in [-0.4, -0.2) is 52.9 Å². The number of pyridine rings is 1. The van der Waals surface area contributed by atoms with Gasteiger partial charge in [-0.25, -0.2) is 4.98 Å². The molecule has 1 amide bonds. The van der Waals surface area contributed by atoms with Gasteiger partial charge in [-0.2, -0.15) is 0 Å². The number of halogens is 1. The van der Waals surface area contributed by atoms with Gasteiger partial charge in [0.2, 0.25) is 0 Å². The second-order valence-corrected chi connectivity index (χ2v) is 5.42. The molecular formula is C13H19ClN4O. The fraction of sp³-hybridized carbons (Fsp3) is 0.538. The number of carbonyl (C=O) groups excluding carboxylic acids is 1. The van der Waals surface area contributed by atoms with Crippen LogP contribution in [0.4, 0.5) is 5.82 Å². The number of nitrogens with two attached hydrogens (primary N) is 1. The normalized spacial score (nSPS) is 16.9. The Labute approximate surface area is 118 Å². The topological polar surface area (TPSA) is 62.5 Å². The first-order chi connectivity index (χ1) is 8.99. The Hall–Kier alpha value is -1.33. The van der Waals surface area contributed by atoms with Crippen LogP contribution in [0.5, 0.6) is 0 Å². The highest BCUT2D eigenvalue weighted by molar-refractivity contribution is 6.33. The molecule has 2 N–H and O–H groups in total. The maximum atomic E-state index is 12.3. The molecule has 0 bridgehead atoms. The van der Waals surface area contributed by atoms with Crippen LogP contribution >= 0.6 is 11.6 Å². The standard InChI is InChI=1S/C13H19ClN4O/c1-9(2)17-3-5-18(6-4-17)13(19)10-7-11(14)12(15)16-8-10/h7-9H,3-6H2,1-2H3,(H2,15,16). The average Bonchev–Trinajstić information content (AvgIpc) is 2.41. The maximum Gasteiger partial charge on any atom is 0.255 e. The van der Waals surface area contributed by atoms with Crippen molar-refractivity contribution < 1.29 is 4.79 Å². The Kier molecular flexibility index (Phi) is 4.27. The number of nitrogens with zero attached hydrogens (tertiary/aromatic N) is 3. The lowest BCUT2D eigenvalue weighted by Gasteiger charge is -2.36. The molecule has 0 aromatic carbocycles. The highest BCUT2D eigenvalue weighted by Crippen LogP contribution is 2.18.